The van der Waals surface area contributed by atoms with E-state index in [1.165, 1.54) is 23.4 Å². The number of ketones is 1. The van der Waals surface area contributed by atoms with Crippen molar-refractivity contribution in [2.75, 3.05) is 36.4 Å². The van der Waals surface area contributed by atoms with E-state index < -0.39 is 15.9 Å². The van der Waals surface area contributed by atoms with Gasteiger partial charge in [0.25, 0.3) is 5.91 Å². The molecule has 0 bridgehead atoms. The predicted octanol–water partition coefficient (Wildman–Crippen LogP) is 3.42. The Morgan fingerprint density at radius 2 is 1.70 bits per heavy atom. The SMILES string of the molecule is CC(=O)c1sc(NC(=O)c2cccc(S(=O)(=O)N3CCN(c4ccccc4)CC3)c2)nc1C. The molecule has 3 aromatic rings. The summed E-state index contributed by atoms with van der Waals surface area (Å²) in [4.78, 5) is 31.3. The summed E-state index contributed by atoms with van der Waals surface area (Å²) in [6, 6.07) is 15.9. The van der Waals surface area contributed by atoms with E-state index in [2.05, 4.69) is 15.2 Å². The van der Waals surface area contributed by atoms with Gasteiger partial charge in [-0.05, 0) is 37.3 Å². The van der Waals surface area contributed by atoms with Crippen LogP contribution in [0.1, 0.15) is 32.6 Å². The minimum absolute atomic E-state index is 0.0723. The van der Waals surface area contributed by atoms with Crippen molar-refractivity contribution in [2.45, 2.75) is 18.7 Å². The zero-order valence-electron chi connectivity index (χ0n) is 18.3. The summed E-state index contributed by atoms with van der Waals surface area (Å²) in [5, 5.41) is 2.96. The van der Waals surface area contributed by atoms with E-state index in [1.54, 1.807) is 19.1 Å². The summed E-state index contributed by atoms with van der Waals surface area (Å²) in [7, 11) is -3.74. The number of thiazole rings is 1. The first-order valence-electron chi connectivity index (χ1n) is 10.5. The van der Waals surface area contributed by atoms with Gasteiger partial charge in [-0.1, -0.05) is 35.6 Å². The molecule has 0 spiro atoms. The number of nitrogens with one attached hydrogen (secondary N) is 1. The summed E-state index contributed by atoms with van der Waals surface area (Å²) in [5.41, 5.74) is 1.82. The number of para-hydroxylation sites is 1. The molecule has 1 fully saturated rings. The maximum absolute atomic E-state index is 13.2. The number of anilines is 2. The molecule has 1 saturated heterocycles. The molecule has 0 saturated carbocycles. The molecule has 1 aromatic heterocycles. The lowest BCUT2D eigenvalue weighted by molar-refractivity contribution is 0.101. The first-order valence-corrected chi connectivity index (χ1v) is 12.7. The van der Waals surface area contributed by atoms with Crippen LogP contribution in [0.2, 0.25) is 0 Å². The number of rotatable bonds is 6. The molecular weight excluding hydrogens is 460 g/mol. The molecule has 2 heterocycles. The Bertz CT molecular complexity index is 1280. The lowest BCUT2D eigenvalue weighted by Crippen LogP contribution is -2.48. The molecule has 33 heavy (non-hydrogen) atoms. The zero-order valence-corrected chi connectivity index (χ0v) is 19.9. The van der Waals surface area contributed by atoms with Gasteiger partial charge >= 0.3 is 0 Å². The molecule has 2 aromatic carbocycles. The minimum atomic E-state index is -3.74. The fourth-order valence-electron chi connectivity index (χ4n) is 3.72. The standard InChI is InChI=1S/C23H24N4O4S2/c1-16-21(17(2)28)32-23(24-16)25-22(29)18-7-6-10-20(15-18)33(30,31)27-13-11-26(12-14-27)19-8-4-3-5-9-19/h3-10,15H,11-14H2,1-2H3,(H,24,25,29). The average molecular weight is 485 g/mol. The highest BCUT2D eigenvalue weighted by Gasteiger charge is 2.29. The Labute approximate surface area is 196 Å². The van der Waals surface area contributed by atoms with Gasteiger partial charge in [0.05, 0.1) is 15.5 Å². The Hall–Kier alpha value is -3.08. The van der Waals surface area contributed by atoms with Crippen molar-refractivity contribution in [3.63, 3.8) is 0 Å². The van der Waals surface area contributed by atoms with E-state index >= 15 is 0 Å². The highest BCUT2D eigenvalue weighted by molar-refractivity contribution is 7.89. The molecule has 8 nitrogen and oxygen atoms in total. The van der Waals surface area contributed by atoms with Gasteiger partial charge < -0.3 is 4.90 Å². The molecule has 0 unspecified atom stereocenters. The molecule has 1 amide bonds. The number of carbonyl (C=O) groups is 2. The second kappa shape index (κ2) is 9.42. The lowest BCUT2D eigenvalue weighted by atomic mass is 10.2. The zero-order chi connectivity index (χ0) is 23.6. The van der Waals surface area contributed by atoms with Crippen molar-refractivity contribution < 1.29 is 18.0 Å². The fourth-order valence-corrected chi connectivity index (χ4v) is 6.04. The third-order valence-electron chi connectivity index (χ3n) is 5.43. The summed E-state index contributed by atoms with van der Waals surface area (Å²) in [6.07, 6.45) is 0. The summed E-state index contributed by atoms with van der Waals surface area (Å²) >= 11 is 1.10. The molecule has 172 valence electrons. The van der Waals surface area contributed by atoms with Crippen LogP contribution in [-0.4, -0.2) is 55.6 Å². The number of hydrogen-bond donors (Lipinski definition) is 1. The summed E-state index contributed by atoms with van der Waals surface area (Å²) in [6.45, 7) is 5.05. The van der Waals surface area contributed by atoms with Gasteiger partial charge in [0.15, 0.2) is 10.9 Å². The van der Waals surface area contributed by atoms with Crippen LogP contribution in [0, 0.1) is 6.92 Å². The second-order valence-electron chi connectivity index (χ2n) is 7.70. The van der Waals surface area contributed by atoms with E-state index in [0.717, 1.165) is 17.0 Å². The van der Waals surface area contributed by atoms with E-state index in [0.29, 0.717) is 41.9 Å². The van der Waals surface area contributed by atoms with Gasteiger partial charge in [-0.15, -0.1) is 0 Å². The quantitative estimate of drug-likeness (QED) is 0.538. The highest BCUT2D eigenvalue weighted by atomic mass is 32.2. The molecule has 0 aliphatic carbocycles. The van der Waals surface area contributed by atoms with Gasteiger partial charge in [0, 0.05) is 44.4 Å². The Morgan fingerprint density at radius 3 is 2.33 bits per heavy atom. The molecule has 1 N–H and O–H groups in total. The van der Waals surface area contributed by atoms with Crippen LogP contribution in [0.15, 0.2) is 59.5 Å². The van der Waals surface area contributed by atoms with Crippen LogP contribution in [0.5, 0.6) is 0 Å². The van der Waals surface area contributed by atoms with Crippen LogP contribution in [0.25, 0.3) is 0 Å². The van der Waals surface area contributed by atoms with Gasteiger partial charge in [0.2, 0.25) is 10.0 Å². The van der Waals surface area contributed by atoms with E-state index in [1.807, 2.05) is 30.3 Å². The van der Waals surface area contributed by atoms with Crippen LogP contribution < -0.4 is 10.2 Å². The fraction of sp³-hybridized carbons (Fsp3) is 0.261. The maximum atomic E-state index is 13.2. The van der Waals surface area contributed by atoms with Crippen LogP contribution >= 0.6 is 11.3 Å². The molecule has 0 atom stereocenters. The maximum Gasteiger partial charge on any atom is 0.257 e. The smallest absolute Gasteiger partial charge is 0.257 e. The normalized spacial score (nSPS) is 14.8. The minimum Gasteiger partial charge on any atom is -0.369 e. The van der Waals surface area contributed by atoms with Gasteiger partial charge in [-0.25, -0.2) is 13.4 Å². The molecule has 1 aliphatic rings. The third kappa shape index (κ3) is 4.97. The molecule has 0 radical (unpaired) electrons. The summed E-state index contributed by atoms with van der Waals surface area (Å²) < 4.78 is 27.9. The number of aryl methyl sites for hydroxylation is 1. The molecule has 4 rings (SSSR count). The number of sulfonamides is 1. The van der Waals surface area contributed by atoms with E-state index in [9.17, 15) is 18.0 Å². The van der Waals surface area contributed by atoms with Crippen molar-refractivity contribution in [1.82, 2.24) is 9.29 Å². The highest BCUT2D eigenvalue weighted by Crippen LogP contribution is 2.25. The number of amides is 1. The van der Waals surface area contributed by atoms with Crippen LogP contribution in [-0.2, 0) is 10.0 Å². The van der Waals surface area contributed by atoms with E-state index in [-0.39, 0.29) is 16.2 Å². The Morgan fingerprint density at radius 1 is 1.00 bits per heavy atom. The largest absolute Gasteiger partial charge is 0.369 e. The second-order valence-corrected chi connectivity index (χ2v) is 10.6. The van der Waals surface area contributed by atoms with Gasteiger partial charge in [-0.2, -0.15) is 4.31 Å². The van der Waals surface area contributed by atoms with Crippen molar-refractivity contribution >= 4 is 43.9 Å². The van der Waals surface area contributed by atoms with Crippen molar-refractivity contribution in [3.8, 4) is 0 Å². The monoisotopic (exact) mass is 484 g/mol. The first kappa shape index (κ1) is 23.1. The first-order chi connectivity index (χ1) is 15.8. The molecule has 1 aliphatic heterocycles. The van der Waals surface area contributed by atoms with Crippen LogP contribution in [0.3, 0.4) is 0 Å². The van der Waals surface area contributed by atoms with Crippen molar-refractivity contribution in [1.29, 1.82) is 0 Å². The lowest BCUT2D eigenvalue weighted by Gasteiger charge is -2.35. The number of piperazine rings is 1. The van der Waals surface area contributed by atoms with E-state index in [4.69, 9.17) is 0 Å². The molecule has 10 heteroatoms. The number of aromatic nitrogens is 1. The van der Waals surface area contributed by atoms with Crippen molar-refractivity contribution in [3.05, 3.63) is 70.7 Å². The molecular formula is C23H24N4O4S2. The number of Topliss-reactive ketones (excluding diaryl/α,β-unsaturated/α-hetero) is 1. The van der Waals surface area contributed by atoms with Crippen molar-refractivity contribution in [2.24, 2.45) is 0 Å². The predicted molar refractivity (Wildman–Crippen MR) is 129 cm³/mol. The number of hydrogen-bond acceptors (Lipinski definition) is 7. The van der Waals surface area contributed by atoms with Gasteiger partial charge in [-0.3, -0.25) is 14.9 Å². The third-order valence-corrected chi connectivity index (χ3v) is 8.50. The Kier molecular flexibility index (Phi) is 6.59. The number of nitrogens with zero attached hydrogens (tertiary/aromatic N) is 3. The topological polar surface area (TPSA) is 99.7 Å². The summed E-state index contributed by atoms with van der Waals surface area (Å²) in [5.74, 6) is -0.601. The van der Waals surface area contributed by atoms with Gasteiger partial charge in [0.1, 0.15) is 0 Å². The number of carbonyl (C=O) groups excluding carboxylic acids is 2. The Balaban J connectivity index is 1.47. The number of benzene rings is 2. The average Bonchev–Trinajstić information content (AvgIpc) is 3.20. The van der Waals surface area contributed by atoms with Crippen LogP contribution in [0.4, 0.5) is 10.8 Å².